The number of hydrogen-bond acceptors (Lipinski definition) is 3. The van der Waals surface area contributed by atoms with Crippen molar-refractivity contribution in [3.63, 3.8) is 0 Å². The highest BCUT2D eigenvalue weighted by Crippen LogP contribution is 2.32. The van der Waals surface area contributed by atoms with Crippen LogP contribution in [-0.4, -0.2) is 17.9 Å². The Bertz CT molecular complexity index is 409. The zero-order valence-corrected chi connectivity index (χ0v) is 7.97. The molecule has 0 aliphatic carbocycles. The number of aliphatic carboxylic acids is 1. The lowest BCUT2D eigenvalue weighted by atomic mass is 10.1. The van der Waals surface area contributed by atoms with Crippen LogP contribution in [0, 0.1) is 0 Å². The summed E-state index contributed by atoms with van der Waals surface area (Å²) in [5, 5.41) is 8.41. The summed E-state index contributed by atoms with van der Waals surface area (Å²) >= 11 is 0. The second-order valence-electron chi connectivity index (χ2n) is 3.13. The largest absolute Gasteiger partial charge is 0.478 e. The quantitative estimate of drug-likeness (QED) is 0.763. The Balaban J connectivity index is 2.07. The first-order valence-electron chi connectivity index (χ1n) is 4.54. The van der Waals surface area contributed by atoms with Gasteiger partial charge in [-0.2, -0.15) is 0 Å². The maximum Gasteiger partial charge on any atom is 0.327 e. The van der Waals surface area contributed by atoms with Crippen LogP contribution < -0.4 is 9.47 Å². The van der Waals surface area contributed by atoms with Gasteiger partial charge in [0.1, 0.15) is 0 Å². The molecule has 1 aromatic rings. The number of ether oxygens (including phenoxy) is 2. The number of hydrogen-bond donors (Lipinski definition) is 1. The standard InChI is InChI=1S/C11H10O4/c12-11(13)3-1-2-8-4-5-9-10(6-8)15-7-14-9/h1,3-6H,2,7H2,(H,12,13)/b3-1+. The lowest BCUT2D eigenvalue weighted by molar-refractivity contribution is -0.131. The molecule has 4 heteroatoms. The zero-order chi connectivity index (χ0) is 10.7. The summed E-state index contributed by atoms with van der Waals surface area (Å²) in [6.07, 6.45) is 3.30. The predicted octanol–water partition coefficient (Wildman–Crippen LogP) is 1.60. The van der Waals surface area contributed by atoms with Crippen LogP contribution in [0.4, 0.5) is 0 Å². The second kappa shape index (κ2) is 4.04. The van der Waals surface area contributed by atoms with Gasteiger partial charge in [-0.25, -0.2) is 4.79 Å². The topological polar surface area (TPSA) is 55.8 Å². The molecule has 0 unspecified atom stereocenters. The fraction of sp³-hybridized carbons (Fsp3) is 0.182. The summed E-state index contributed by atoms with van der Waals surface area (Å²) in [5.41, 5.74) is 0.997. The zero-order valence-electron chi connectivity index (χ0n) is 7.97. The van der Waals surface area contributed by atoms with Crippen molar-refractivity contribution in [2.75, 3.05) is 6.79 Å². The molecule has 0 radical (unpaired) electrons. The Hall–Kier alpha value is -1.97. The summed E-state index contributed by atoms with van der Waals surface area (Å²) < 4.78 is 10.4. The van der Waals surface area contributed by atoms with Crippen molar-refractivity contribution < 1.29 is 19.4 Å². The van der Waals surface area contributed by atoms with Gasteiger partial charge >= 0.3 is 5.97 Å². The van der Waals surface area contributed by atoms with Crippen LogP contribution in [0.3, 0.4) is 0 Å². The number of rotatable bonds is 3. The molecule has 0 saturated carbocycles. The Labute approximate surface area is 86.7 Å². The van der Waals surface area contributed by atoms with E-state index < -0.39 is 5.97 Å². The fourth-order valence-electron chi connectivity index (χ4n) is 1.36. The first-order valence-corrected chi connectivity index (χ1v) is 4.54. The molecule has 1 N–H and O–H groups in total. The number of allylic oxidation sites excluding steroid dienone is 1. The molecule has 0 spiro atoms. The van der Waals surface area contributed by atoms with Crippen molar-refractivity contribution >= 4 is 5.97 Å². The van der Waals surface area contributed by atoms with E-state index in [2.05, 4.69) is 0 Å². The third-order valence-electron chi connectivity index (χ3n) is 2.05. The Morgan fingerprint density at radius 3 is 3.00 bits per heavy atom. The minimum absolute atomic E-state index is 0.254. The summed E-state index contributed by atoms with van der Waals surface area (Å²) in [5.74, 6) is 0.521. The minimum Gasteiger partial charge on any atom is -0.478 e. The minimum atomic E-state index is -0.934. The Morgan fingerprint density at radius 1 is 1.40 bits per heavy atom. The highest BCUT2D eigenvalue weighted by molar-refractivity contribution is 5.79. The molecule has 1 aliphatic heterocycles. The third-order valence-corrected chi connectivity index (χ3v) is 2.05. The molecular weight excluding hydrogens is 196 g/mol. The molecular formula is C11H10O4. The van der Waals surface area contributed by atoms with Gasteiger partial charge in [-0.15, -0.1) is 0 Å². The second-order valence-corrected chi connectivity index (χ2v) is 3.13. The van der Waals surface area contributed by atoms with Gasteiger partial charge in [0.25, 0.3) is 0 Å². The molecule has 0 atom stereocenters. The molecule has 0 aromatic heterocycles. The average Bonchev–Trinajstić information content (AvgIpc) is 2.64. The Kier molecular flexibility index (Phi) is 2.58. The molecule has 2 rings (SSSR count). The number of benzene rings is 1. The van der Waals surface area contributed by atoms with Crippen LogP contribution in [0.25, 0.3) is 0 Å². The van der Waals surface area contributed by atoms with Crippen LogP contribution in [-0.2, 0) is 11.2 Å². The summed E-state index contributed by atoms with van der Waals surface area (Å²) in [6, 6.07) is 5.57. The van der Waals surface area contributed by atoms with Crippen LogP contribution in [0.2, 0.25) is 0 Å². The van der Waals surface area contributed by atoms with Crippen LogP contribution in [0.1, 0.15) is 5.56 Å². The van der Waals surface area contributed by atoms with Gasteiger partial charge in [0, 0.05) is 6.08 Å². The maximum atomic E-state index is 10.2. The number of fused-ring (bicyclic) bond motifs is 1. The average molecular weight is 206 g/mol. The lowest BCUT2D eigenvalue weighted by Crippen LogP contribution is -1.92. The van der Waals surface area contributed by atoms with Gasteiger partial charge in [0.05, 0.1) is 0 Å². The van der Waals surface area contributed by atoms with Gasteiger partial charge in [-0.05, 0) is 24.1 Å². The molecule has 0 saturated heterocycles. The molecule has 1 aliphatic rings. The first kappa shape index (κ1) is 9.58. The monoisotopic (exact) mass is 206 g/mol. The van der Waals surface area contributed by atoms with E-state index in [0.717, 1.165) is 23.1 Å². The molecule has 15 heavy (non-hydrogen) atoms. The van der Waals surface area contributed by atoms with E-state index in [0.29, 0.717) is 6.42 Å². The van der Waals surface area contributed by atoms with Gasteiger partial charge < -0.3 is 14.6 Å². The van der Waals surface area contributed by atoms with E-state index in [1.807, 2.05) is 18.2 Å². The highest BCUT2D eigenvalue weighted by atomic mass is 16.7. The van der Waals surface area contributed by atoms with Gasteiger partial charge in [-0.3, -0.25) is 0 Å². The van der Waals surface area contributed by atoms with Crippen LogP contribution in [0.15, 0.2) is 30.4 Å². The third kappa shape index (κ3) is 2.28. The van der Waals surface area contributed by atoms with Gasteiger partial charge in [-0.1, -0.05) is 12.1 Å². The van der Waals surface area contributed by atoms with Crippen molar-refractivity contribution in [1.29, 1.82) is 0 Å². The van der Waals surface area contributed by atoms with E-state index in [1.165, 1.54) is 0 Å². The summed E-state index contributed by atoms with van der Waals surface area (Å²) in [7, 11) is 0. The van der Waals surface area contributed by atoms with E-state index in [1.54, 1.807) is 6.08 Å². The van der Waals surface area contributed by atoms with Crippen molar-refractivity contribution in [3.8, 4) is 11.5 Å². The molecule has 0 bridgehead atoms. The lowest BCUT2D eigenvalue weighted by Gasteiger charge is -1.98. The predicted molar refractivity (Wildman–Crippen MR) is 53.0 cm³/mol. The van der Waals surface area contributed by atoms with Gasteiger partial charge in [0.15, 0.2) is 11.5 Å². The van der Waals surface area contributed by atoms with E-state index in [9.17, 15) is 4.79 Å². The van der Waals surface area contributed by atoms with Gasteiger partial charge in [0.2, 0.25) is 6.79 Å². The van der Waals surface area contributed by atoms with Crippen LogP contribution in [0.5, 0.6) is 11.5 Å². The van der Waals surface area contributed by atoms with Crippen LogP contribution >= 0.6 is 0 Å². The van der Waals surface area contributed by atoms with Crippen molar-refractivity contribution in [2.45, 2.75) is 6.42 Å². The number of carboxylic acid groups (broad SMARTS) is 1. The van der Waals surface area contributed by atoms with Crippen molar-refractivity contribution in [3.05, 3.63) is 35.9 Å². The Morgan fingerprint density at radius 2 is 2.20 bits per heavy atom. The van der Waals surface area contributed by atoms with Crippen molar-refractivity contribution in [2.24, 2.45) is 0 Å². The number of carbonyl (C=O) groups is 1. The number of carboxylic acids is 1. The molecule has 4 nitrogen and oxygen atoms in total. The molecule has 1 heterocycles. The SMILES string of the molecule is O=C(O)/C=C/Cc1ccc2c(c1)OCO2. The smallest absolute Gasteiger partial charge is 0.327 e. The van der Waals surface area contributed by atoms with E-state index in [-0.39, 0.29) is 6.79 Å². The van der Waals surface area contributed by atoms with E-state index in [4.69, 9.17) is 14.6 Å². The maximum absolute atomic E-state index is 10.2. The summed E-state index contributed by atoms with van der Waals surface area (Å²) in [6.45, 7) is 0.254. The highest BCUT2D eigenvalue weighted by Gasteiger charge is 2.12. The summed E-state index contributed by atoms with van der Waals surface area (Å²) in [4.78, 5) is 10.2. The fourth-order valence-corrected chi connectivity index (χ4v) is 1.36. The van der Waals surface area contributed by atoms with Crippen molar-refractivity contribution in [1.82, 2.24) is 0 Å². The molecule has 78 valence electrons. The van der Waals surface area contributed by atoms with E-state index >= 15 is 0 Å². The first-order chi connectivity index (χ1) is 7.25. The molecule has 0 amide bonds. The normalized spacial score (nSPS) is 13.3. The molecule has 0 fully saturated rings. The molecule has 1 aromatic carbocycles.